The lowest BCUT2D eigenvalue weighted by Crippen LogP contribution is -2.29. The summed E-state index contributed by atoms with van der Waals surface area (Å²) in [6.45, 7) is 6.30. The second-order valence-electron chi connectivity index (χ2n) is 10.2. The average Bonchev–Trinajstić information content (AvgIpc) is 3.48. The van der Waals surface area contributed by atoms with Crippen molar-refractivity contribution in [2.75, 3.05) is 4.90 Å². The number of thiocarbonyl (C=S) groups is 1. The van der Waals surface area contributed by atoms with Crippen LogP contribution >= 0.6 is 24.0 Å². The predicted octanol–water partition coefficient (Wildman–Crippen LogP) is 7.43. The van der Waals surface area contributed by atoms with Crippen molar-refractivity contribution >= 4 is 40.5 Å². The first-order chi connectivity index (χ1) is 20.3. The van der Waals surface area contributed by atoms with Gasteiger partial charge < -0.3 is 14.8 Å². The molecule has 1 saturated heterocycles. The number of hydrogen-bond acceptors (Lipinski definition) is 6. The van der Waals surface area contributed by atoms with Crippen LogP contribution in [0.25, 0.3) is 5.82 Å². The SMILES string of the molecule is Cc1ccnc(-n2c(C)cc([C@@H]3[C@@H](c4ccccn4)NC(=S)N3c3ccc(Sc4ccc([N+](=O)[O-])cc4)cc3)c2C)c1. The quantitative estimate of drug-likeness (QED) is 0.119. The smallest absolute Gasteiger partial charge is 0.269 e. The van der Waals surface area contributed by atoms with Crippen molar-refractivity contribution in [1.82, 2.24) is 19.9 Å². The molecule has 0 amide bonds. The molecule has 210 valence electrons. The van der Waals surface area contributed by atoms with Crippen molar-refractivity contribution < 1.29 is 4.92 Å². The molecule has 10 heteroatoms. The zero-order valence-corrected chi connectivity index (χ0v) is 24.9. The second kappa shape index (κ2) is 11.4. The molecule has 6 rings (SSSR count). The molecule has 0 saturated carbocycles. The summed E-state index contributed by atoms with van der Waals surface area (Å²) in [4.78, 5) is 24.1. The Morgan fingerprint density at radius 3 is 2.26 bits per heavy atom. The van der Waals surface area contributed by atoms with Gasteiger partial charge in [-0.15, -0.1) is 0 Å². The van der Waals surface area contributed by atoms with Crippen LogP contribution in [0.3, 0.4) is 0 Å². The standard InChI is InChI=1S/C32H28N6O2S2/c1-20-15-17-34-29(18-20)36-21(2)19-27(22(36)3)31-30(28-6-4-5-16-33-28)35-32(41)37(31)23-7-11-25(12-8-23)42-26-13-9-24(10-14-26)38(39)40/h4-19,30-31H,1-3H3,(H,35,41)/t30-,31-/m1/s1. The van der Waals surface area contributed by atoms with Gasteiger partial charge in [0.15, 0.2) is 5.11 Å². The van der Waals surface area contributed by atoms with Crippen LogP contribution in [0.2, 0.25) is 0 Å². The first kappa shape index (κ1) is 27.6. The Bertz CT molecular complexity index is 1770. The monoisotopic (exact) mass is 592 g/mol. The van der Waals surface area contributed by atoms with Crippen molar-refractivity contribution in [2.45, 2.75) is 42.6 Å². The van der Waals surface area contributed by atoms with Crippen molar-refractivity contribution in [3.8, 4) is 5.82 Å². The van der Waals surface area contributed by atoms with E-state index >= 15 is 0 Å². The van der Waals surface area contributed by atoms with Crippen LogP contribution in [0.1, 0.15) is 40.3 Å². The van der Waals surface area contributed by atoms with Crippen LogP contribution in [0, 0.1) is 30.9 Å². The van der Waals surface area contributed by atoms with E-state index in [-0.39, 0.29) is 22.7 Å². The van der Waals surface area contributed by atoms with Crippen LogP contribution in [0.5, 0.6) is 0 Å². The molecule has 0 bridgehead atoms. The molecule has 3 aromatic heterocycles. The largest absolute Gasteiger partial charge is 0.351 e. The summed E-state index contributed by atoms with van der Waals surface area (Å²) < 4.78 is 2.20. The van der Waals surface area contributed by atoms with Crippen LogP contribution in [0.15, 0.2) is 107 Å². The molecule has 0 unspecified atom stereocenters. The summed E-state index contributed by atoms with van der Waals surface area (Å²) >= 11 is 7.50. The molecule has 42 heavy (non-hydrogen) atoms. The average molecular weight is 593 g/mol. The number of benzene rings is 2. The number of nitro benzene ring substituents is 1. The molecular formula is C32H28N6O2S2. The zero-order chi connectivity index (χ0) is 29.4. The van der Waals surface area contributed by atoms with E-state index in [1.54, 1.807) is 23.9 Å². The number of non-ortho nitro benzene ring substituents is 1. The van der Waals surface area contributed by atoms with Gasteiger partial charge in [-0.2, -0.15) is 0 Å². The molecule has 2 aromatic carbocycles. The van der Waals surface area contributed by atoms with E-state index in [0.717, 1.165) is 49.5 Å². The van der Waals surface area contributed by atoms with E-state index in [4.69, 9.17) is 17.2 Å². The third-order valence-electron chi connectivity index (χ3n) is 7.42. The highest BCUT2D eigenvalue weighted by Crippen LogP contribution is 2.44. The minimum absolute atomic E-state index is 0.0794. The first-order valence-electron chi connectivity index (χ1n) is 13.4. The molecule has 1 fully saturated rings. The van der Waals surface area contributed by atoms with Gasteiger partial charge in [0.05, 0.1) is 22.7 Å². The summed E-state index contributed by atoms with van der Waals surface area (Å²) in [6.07, 6.45) is 3.65. The maximum absolute atomic E-state index is 11.0. The summed E-state index contributed by atoms with van der Waals surface area (Å²) in [6, 6.07) is 26.8. The summed E-state index contributed by atoms with van der Waals surface area (Å²) in [5.74, 6) is 0.887. The second-order valence-corrected chi connectivity index (χ2v) is 11.7. The lowest BCUT2D eigenvalue weighted by Gasteiger charge is -2.28. The molecule has 1 aliphatic heterocycles. The molecule has 0 aliphatic carbocycles. The highest BCUT2D eigenvalue weighted by atomic mass is 32.2. The maximum atomic E-state index is 11.0. The third-order valence-corrected chi connectivity index (χ3v) is 8.75. The van der Waals surface area contributed by atoms with Gasteiger partial charge in [-0.05, 0) is 111 Å². The third kappa shape index (κ3) is 5.26. The van der Waals surface area contributed by atoms with Gasteiger partial charge in [-0.1, -0.05) is 17.8 Å². The molecule has 8 nitrogen and oxygen atoms in total. The number of pyridine rings is 2. The van der Waals surface area contributed by atoms with E-state index in [1.165, 1.54) is 12.1 Å². The minimum atomic E-state index is -0.389. The number of nitrogens with zero attached hydrogens (tertiary/aromatic N) is 5. The van der Waals surface area contributed by atoms with Gasteiger partial charge in [-0.3, -0.25) is 15.1 Å². The van der Waals surface area contributed by atoms with Crippen LogP contribution in [0.4, 0.5) is 11.4 Å². The molecule has 1 aliphatic rings. The van der Waals surface area contributed by atoms with Gasteiger partial charge in [0.25, 0.3) is 5.69 Å². The predicted molar refractivity (Wildman–Crippen MR) is 169 cm³/mol. The minimum Gasteiger partial charge on any atom is -0.351 e. The van der Waals surface area contributed by atoms with Crippen molar-refractivity contribution in [2.24, 2.45) is 0 Å². The molecule has 0 radical (unpaired) electrons. The molecule has 0 spiro atoms. The van der Waals surface area contributed by atoms with Gasteiger partial charge >= 0.3 is 0 Å². The van der Waals surface area contributed by atoms with Crippen LogP contribution in [-0.2, 0) is 0 Å². The first-order valence-corrected chi connectivity index (χ1v) is 14.7. The number of nitrogens with one attached hydrogen (secondary N) is 1. The molecule has 1 N–H and O–H groups in total. The van der Waals surface area contributed by atoms with Gasteiger partial charge in [-0.25, -0.2) is 4.98 Å². The Morgan fingerprint density at radius 2 is 1.62 bits per heavy atom. The topological polar surface area (TPSA) is 89.1 Å². The lowest BCUT2D eigenvalue weighted by atomic mass is 9.96. The van der Waals surface area contributed by atoms with Crippen LogP contribution in [-0.4, -0.2) is 24.6 Å². The number of anilines is 1. The van der Waals surface area contributed by atoms with Crippen LogP contribution < -0.4 is 10.2 Å². The van der Waals surface area contributed by atoms with Crippen molar-refractivity contribution in [3.63, 3.8) is 0 Å². The molecular weight excluding hydrogens is 565 g/mol. The van der Waals surface area contributed by atoms with Gasteiger partial charge in [0.1, 0.15) is 5.82 Å². The van der Waals surface area contributed by atoms with E-state index in [0.29, 0.717) is 5.11 Å². The number of rotatable bonds is 7. The summed E-state index contributed by atoms with van der Waals surface area (Å²) in [7, 11) is 0. The van der Waals surface area contributed by atoms with Crippen molar-refractivity contribution in [1.29, 1.82) is 0 Å². The van der Waals surface area contributed by atoms with E-state index in [9.17, 15) is 10.1 Å². The normalized spacial score (nSPS) is 16.5. The molecule has 4 heterocycles. The Morgan fingerprint density at radius 1 is 0.905 bits per heavy atom. The Hall–Kier alpha value is -4.54. The van der Waals surface area contributed by atoms with E-state index in [2.05, 4.69) is 76.9 Å². The highest BCUT2D eigenvalue weighted by Gasteiger charge is 2.42. The van der Waals surface area contributed by atoms with Crippen molar-refractivity contribution in [3.05, 3.63) is 136 Å². The van der Waals surface area contributed by atoms with E-state index in [1.807, 2.05) is 36.7 Å². The number of nitro groups is 1. The highest BCUT2D eigenvalue weighted by molar-refractivity contribution is 7.99. The summed E-state index contributed by atoms with van der Waals surface area (Å²) in [5.41, 5.74) is 6.43. The zero-order valence-electron chi connectivity index (χ0n) is 23.3. The van der Waals surface area contributed by atoms with Gasteiger partial charge in [0, 0.05) is 51.4 Å². The maximum Gasteiger partial charge on any atom is 0.269 e. The fourth-order valence-corrected chi connectivity index (χ4v) is 6.64. The summed E-state index contributed by atoms with van der Waals surface area (Å²) in [5, 5.41) is 15.2. The van der Waals surface area contributed by atoms with E-state index < -0.39 is 0 Å². The van der Waals surface area contributed by atoms with Gasteiger partial charge in [0.2, 0.25) is 0 Å². The fourth-order valence-electron chi connectivity index (χ4n) is 5.48. The molecule has 5 aromatic rings. The Balaban J connectivity index is 1.37. The fraction of sp³-hybridized carbons (Fsp3) is 0.156. The molecule has 2 atom stereocenters. The Labute approximate surface area is 253 Å². The lowest BCUT2D eigenvalue weighted by molar-refractivity contribution is -0.384. The Kier molecular flexibility index (Phi) is 7.49. The number of hydrogen-bond donors (Lipinski definition) is 1. The number of aryl methyl sites for hydroxylation is 2. The number of aromatic nitrogens is 3.